The third-order valence-electron chi connectivity index (χ3n) is 5.04. The van der Waals surface area contributed by atoms with Gasteiger partial charge in [-0.3, -0.25) is 11.3 Å². The number of rotatable bonds is 5. The zero-order valence-electron chi connectivity index (χ0n) is 16.6. The predicted octanol–water partition coefficient (Wildman–Crippen LogP) is 3.68. The Hall–Kier alpha value is -2.91. The fourth-order valence-corrected chi connectivity index (χ4v) is 3.77. The number of hydrazine groups is 2. The molecule has 0 aliphatic carbocycles. The molecule has 10 heteroatoms. The Morgan fingerprint density at radius 1 is 1.03 bits per heavy atom. The predicted molar refractivity (Wildman–Crippen MR) is 126 cm³/mol. The third kappa shape index (κ3) is 4.72. The van der Waals surface area contributed by atoms with E-state index in [1.54, 1.807) is 24.4 Å². The van der Waals surface area contributed by atoms with E-state index < -0.39 is 0 Å². The molecule has 1 fully saturated rings. The molecule has 1 saturated heterocycles. The van der Waals surface area contributed by atoms with E-state index in [4.69, 9.17) is 34.8 Å². The van der Waals surface area contributed by atoms with E-state index in [0.29, 0.717) is 27.1 Å². The van der Waals surface area contributed by atoms with Crippen LogP contribution in [0.25, 0.3) is 11.1 Å². The Bertz CT molecular complexity index is 1100. The number of halogens is 2. The zero-order valence-corrected chi connectivity index (χ0v) is 18.2. The highest BCUT2D eigenvalue weighted by molar-refractivity contribution is 6.43. The number of aliphatic imine (C=N–C) groups is 1. The molecule has 0 radical (unpaired) electrons. The van der Waals surface area contributed by atoms with Gasteiger partial charge in [0.05, 0.1) is 21.3 Å². The molecular weight excluding hydrogens is 435 g/mol. The van der Waals surface area contributed by atoms with Crippen LogP contribution in [0.4, 0.5) is 17.3 Å². The third-order valence-corrected chi connectivity index (χ3v) is 5.85. The first-order valence-corrected chi connectivity index (χ1v) is 10.5. The van der Waals surface area contributed by atoms with Crippen molar-refractivity contribution in [2.24, 2.45) is 10.8 Å². The van der Waals surface area contributed by atoms with E-state index in [-0.39, 0.29) is 5.82 Å². The molecule has 0 saturated carbocycles. The maximum Gasteiger partial charge on any atom is 0.153 e. The van der Waals surface area contributed by atoms with Crippen molar-refractivity contribution in [2.75, 3.05) is 23.7 Å². The molecule has 160 valence electrons. The highest BCUT2D eigenvalue weighted by Crippen LogP contribution is 2.32. The van der Waals surface area contributed by atoms with Crippen LogP contribution in [-0.2, 0) is 0 Å². The fourth-order valence-electron chi connectivity index (χ4n) is 3.44. The van der Waals surface area contributed by atoms with Crippen LogP contribution in [0.1, 0.15) is 18.4 Å². The molecule has 0 atom stereocenters. The summed E-state index contributed by atoms with van der Waals surface area (Å²) in [4.78, 5) is 15.8. The first-order valence-electron chi connectivity index (χ1n) is 9.78. The number of nitrogen functional groups attached to an aromatic ring is 1. The van der Waals surface area contributed by atoms with E-state index in [1.165, 1.54) is 12.8 Å². The second kappa shape index (κ2) is 9.49. The lowest BCUT2D eigenvalue weighted by Gasteiger charge is -2.16. The van der Waals surface area contributed by atoms with E-state index in [9.17, 15) is 0 Å². The Morgan fingerprint density at radius 3 is 2.52 bits per heavy atom. The second-order valence-corrected chi connectivity index (χ2v) is 7.84. The molecule has 0 unspecified atom stereocenters. The number of nitrogens with zero attached hydrogens (tertiary/aromatic N) is 4. The summed E-state index contributed by atoms with van der Waals surface area (Å²) in [5.74, 6) is 7.10. The van der Waals surface area contributed by atoms with Gasteiger partial charge in [-0.2, -0.15) is 5.53 Å². The summed E-state index contributed by atoms with van der Waals surface area (Å²) >= 11 is 12.4. The number of nitrogens with one attached hydrogen (secondary N) is 2. The molecule has 3 aromatic rings. The summed E-state index contributed by atoms with van der Waals surface area (Å²) in [6.07, 6.45) is 5.94. The molecular formula is C21H22Cl2N8. The maximum atomic E-state index is 6.28. The van der Waals surface area contributed by atoms with E-state index in [0.717, 1.165) is 30.0 Å². The van der Waals surface area contributed by atoms with Crippen LogP contribution in [0.5, 0.6) is 0 Å². The van der Waals surface area contributed by atoms with Gasteiger partial charge in [-0.05, 0) is 43.2 Å². The van der Waals surface area contributed by atoms with Gasteiger partial charge in [-0.15, -0.1) is 0 Å². The Balaban J connectivity index is 1.70. The van der Waals surface area contributed by atoms with Crippen molar-refractivity contribution >= 4 is 46.4 Å². The van der Waals surface area contributed by atoms with E-state index in [1.807, 2.05) is 24.4 Å². The summed E-state index contributed by atoms with van der Waals surface area (Å²) in [5.41, 5.74) is 14.1. The highest BCUT2D eigenvalue weighted by Gasteiger charge is 2.15. The molecule has 6 N–H and O–H groups in total. The molecule has 31 heavy (non-hydrogen) atoms. The van der Waals surface area contributed by atoms with Gasteiger partial charge in [0.15, 0.2) is 5.84 Å². The van der Waals surface area contributed by atoms with Gasteiger partial charge in [0.25, 0.3) is 0 Å². The SMILES string of the molecule is NNNC(=Nc1cccc(Cl)c1Cl)c1cc(-c2ccc(N3CCCC3)nc2)cnc1N. The van der Waals surface area contributed by atoms with Crippen molar-refractivity contribution in [2.45, 2.75) is 12.8 Å². The quantitative estimate of drug-likeness (QED) is 0.200. The minimum absolute atomic E-state index is 0.282. The molecule has 1 aliphatic rings. The van der Waals surface area contributed by atoms with Gasteiger partial charge in [-0.25, -0.2) is 15.0 Å². The molecule has 1 aliphatic heterocycles. The number of amidine groups is 1. The van der Waals surface area contributed by atoms with Crippen LogP contribution >= 0.6 is 23.2 Å². The summed E-state index contributed by atoms with van der Waals surface area (Å²) in [7, 11) is 0. The Kier molecular flexibility index (Phi) is 6.53. The van der Waals surface area contributed by atoms with Crippen molar-refractivity contribution in [1.29, 1.82) is 0 Å². The topological polar surface area (TPSA) is 117 Å². The van der Waals surface area contributed by atoms with Crippen molar-refractivity contribution < 1.29 is 0 Å². The van der Waals surface area contributed by atoms with Gasteiger partial charge in [0, 0.05) is 36.6 Å². The monoisotopic (exact) mass is 456 g/mol. The van der Waals surface area contributed by atoms with Crippen LogP contribution in [-0.4, -0.2) is 28.9 Å². The molecule has 8 nitrogen and oxygen atoms in total. The van der Waals surface area contributed by atoms with Crippen LogP contribution in [0.2, 0.25) is 10.0 Å². The van der Waals surface area contributed by atoms with Crippen molar-refractivity contribution in [3.8, 4) is 11.1 Å². The van der Waals surface area contributed by atoms with Crippen LogP contribution in [0, 0.1) is 0 Å². The van der Waals surface area contributed by atoms with Gasteiger partial charge in [0.2, 0.25) is 0 Å². The minimum Gasteiger partial charge on any atom is -0.383 e. The molecule has 3 heterocycles. The lowest BCUT2D eigenvalue weighted by Crippen LogP contribution is -2.43. The number of benzene rings is 1. The average Bonchev–Trinajstić information content (AvgIpc) is 3.32. The summed E-state index contributed by atoms with van der Waals surface area (Å²) in [5, 5.41) is 0.719. The zero-order chi connectivity index (χ0) is 21.8. The van der Waals surface area contributed by atoms with Crippen molar-refractivity contribution in [1.82, 2.24) is 20.9 Å². The lowest BCUT2D eigenvalue weighted by molar-refractivity contribution is 0.696. The van der Waals surface area contributed by atoms with Gasteiger partial charge < -0.3 is 10.6 Å². The maximum absolute atomic E-state index is 6.28. The number of hydrogen-bond acceptors (Lipinski definition) is 7. The van der Waals surface area contributed by atoms with Gasteiger partial charge >= 0.3 is 0 Å². The first-order chi connectivity index (χ1) is 15.1. The molecule has 0 bridgehead atoms. The number of nitrogens with two attached hydrogens (primary N) is 2. The summed E-state index contributed by atoms with van der Waals surface area (Å²) in [6, 6.07) is 11.1. The average molecular weight is 457 g/mol. The normalized spacial score (nSPS) is 14.2. The Morgan fingerprint density at radius 2 is 1.81 bits per heavy atom. The molecule has 1 aromatic carbocycles. The van der Waals surface area contributed by atoms with Crippen LogP contribution < -0.4 is 27.4 Å². The van der Waals surface area contributed by atoms with Crippen LogP contribution in [0.15, 0.2) is 53.8 Å². The minimum atomic E-state index is 0.282. The molecule has 2 aromatic heterocycles. The highest BCUT2D eigenvalue weighted by atomic mass is 35.5. The fraction of sp³-hybridized carbons (Fsp3) is 0.190. The number of hydrogen-bond donors (Lipinski definition) is 4. The smallest absolute Gasteiger partial charge is 0.153 e. The number of anilines is 2. The van der Waals surface area contributed by atoms with E-state index in [2.05, 4.69) is 30.8 Å². The number of aromatic nitrogens is 2. The number of pyridine rings is 2. The van der Waals surface area contributed by atoms with Crippen molar-refractivity contribution in [3.05, 3.63) is 64.4 Å². The molecule has 0 spiro atoms. The van der Waals surface area contributed by atoms with E-state index >= 15 is 0 Å². The standard InChI is InChI=1S/C21H22Cl2N8/c22-16-4-3-5-17(19(16)23)28-21(29-30-25)15-10-14(12-27-20(15)24)13-6-7-18(26-11-13)31-8-1-2-9-31/h3-7,10-12,30H,1-2,8-9,25H2,(H2,24,27)(H,28,29). The molecule has 4 rings (SSSR count). The Labute approximate surface area is 190 Å². The lowest BCUT2D eigenvalue weighted by atomic mass is 10.1. The van der Waals surface area contributed by atoms with Crippen LogP contribution in [0.3, 0.4) is 0 Å². The van der Waals surface area contributed by atoms with Crippen molar-refractivity contribution in [3.63, 3.8) is 0 Å². The van der Waals surface area contributed by atoms with Gasteiger partial charge in [0.1, 0.15) is 11.6 Å². The molecule has 0 amide bonds. The summed E-state index contributed by atoms with van der Waals surface area (Å²) in [6.45, 7) is 2.09. The van der Waals surface area contributed by atoms with Gasteiger partial charge in [-0.1, -0.05) is 29.3 Å². The summed E-state index contributed by atoms with van der Waals surface area (Å²) < 4.78 is 0. The first kappa shape index (κ1) is 21.3. The largest absolute Gasteiger partial charge is 0.383 e. The second-order valence-electron chi connectivity index (χ2n) is 7.06.